The second-order valence-electron chi connectivity index (χ2n) is 4.46. The smallest absolute Gasteiger partial charge is 0.265 e. The van der Waals surface area contributed by atoms with Crippen LogP contribution in [-0.2, 0) is 16.6 Å². The second-order valence-corrected chi connectivity index (χ2v) is 6.14. The number of hydrogen-bond acceptors (Lipinski definition) is 3. The van der Waals surface area contributed by atoms with Crippen molar-refractivity contribution in [3.05, 3.63) is 41.7 Å². The Kier molecular flexibility index (Phi) is 3.61. The van der Waals surface area contributed by atoms with E-state index < -0.39 is 10.0 Å². The van der Waals surface area contributed by atoms with Crippen LogP contribution in [-0.4, -0.2) is 18.2 Å². The average Bonchev–Trinajstić information content (AvgIpc) is 2.82. The lowest BCUT2D eigenvalue weighted by atomic mass is 10.1. The number of anilines is 1. The Bertz CT molecular complexity index is 690. The first kappa shape index (κ1) is 13.6. The predicted molar refractivity (Wildman–Crippen MR) is 74.6 cm³/mol. The molecule has 0 atom stereocenters. The van der Waals surface area contributed by atoms with Crippen molar-refractivity contribution in [1.29, 1.82) is 0 Å². The minimum Gasteiger partial charge on any atom is -0.279 e. The summed E-state index contributed by atoms with van der Waals surface area (Å²) in [6.07, 6.45) is 2.88. The van der Waals surface area contributed by atoms with Gasteiger partial charge < -0.3 is 0 Å². The van der Waals surface area contributed by atoms with E-state index in [2.05, 4.69) is 9.82 Å². The van der Waals surface area contributed by atoms with E-state index in [1.165, 1.54) is 12.4 Å². The molecule has 1 heterocycles. The summed E-state index contributed by atoms with van der Waals surface area (Å²) in [6, 6.07) is 5.58. The minimum absolute atomic E-state index is 0.175. The highest BCUT2D eigenvalue weighted by Gasteiger charge is 2.17. The van der Waals surface area contributed by atoms with Crippen LogP contribution < -0.4 is 4.72 Å². The first-order valence-electron chi connectivity index (χ1n) is 6.05. The van der Waals surface area contributed by atoms with Crippen LogP contribution in [0.4, 0.5) is 5.69 Å². The lowest BCUT2D eigenvalue weighted by molar-refractivity contribution is 0.600. The fourth-order valence-corrected chi connectivity index (χ4v) is 2.87. The van der Waals surface area contributed by atoms with Gasteiger partial charge in [0.1, 0.15) is 4.90 Å². The number of sulfonamides is 1. The third-order valence-corrected chi connectivity index (χ3v) is 4.19. The lowest BCUT2D eigenvalue weighted by Gasteiger charge is -2.09. The highest BCUT2D eigenvalue weighted by atomic mass is 32.2. The van der Waals surface area contributed by atoms with Gasteiger partial charge in [-0.3, -0.25) is 9.40 Å². The van der Waals surface area contributed by atoms with Crippen molar-refractivity contribution in [3.8, 4) is 0 Å². The number of hydrogen-bond donors (Lipinski definition) is 1. The first-order valence-corrected chi connectivity index (χ1v) is 7.53. The van der Waals surface area contributed by atoms with E-state index in [4.69, 9.17) is 0 Å². The van der Waals surface area contributed by atoms with Crippen LogP contribution in [0.15, 0.2) is 35.5 Å². The van der Waals surface area contributed by atoms with Crippen molar-refractivity contribution in [1.82, 2.24) is 9.78 Å². The summed E-state index contributed by atoms with van der Waals surface area (Å²) in [5.41, 5.74) is 2.58. The molecule has 2 rings (SSSR count). The van der Waals surface area contributed by atoms with Crippen LogP contribution >= 0.6 is 0 Å². The van der Waals surface area contributed by atoms with Gasteiger partial charge in [-0.15, -0.1) is 0 Å². The number of benzene rings is 1. The fourth-order valence-electron chi connectivity index (χ4n) is 1.79. The van der Waals surface area contributed by atoms with E-state index in [-0.39, 0.29) is 4.90 Å². The molecule has 0 unspecified atom stereocenters. The summed E-state index contributed by atoms with van der Waals surface area (Å²) < 4.78 is 28.6. The molecule has 1 aromatic carbocycles. The summed E-state index contributed by atoms with van der Waals surface area (Å²) in [6.45, 7) is 6.39. The number of nitrogens with zero attached hydrogens (tertiary/aromatic N) is 2. The van der Waals surface area contributed by atoms with Gasteiger partial charge in [-0.1, -0.05) is 17.7 Å². The van der Waals surface area contributed by atoms with Crippen LogP contribution in [0.25, 0.3) is 0 Å². The molecule has 0 radical (unpaired) electrons. The summed E-state index contributed by atoms with van der Waals surface area (Å²) >= 11 is 0. The van der Waals surface area contributed by atoms with E-state index >= 15 is 0 Å². The highest BCUT2D eigenvalue weighted by molar-refractivity contribution is 7.92. The van der Waals surface area contributed by atoms with Crippen molar-refractivity contribution < 1.29 is 8.42 Å². The standard InChI is InChI=1S/C13H17N3O2S/c1-4-16-9-12(8-14-16)19(17,18)15-13-6-5-10(2)7-11(13)3/h5-9,15H,4H2,1-3H3. The molecular weight excluding hydrogens is 262 g/mol. The van der Waals surface area contributed by atoms with Crippen LogP contribution in [0.5, 0.6) is 0 Å². The maximum atomic E-state index is 12.2. The summed E-state index contributed by atoms with van der Waals surface area (Å²) in [7, 11) is -3.57. The number of rotatable bonds is 4. The van der Waals surface area contributed by atoms with Crippen molar-refractivity contribution in [2.45, 2.75) is 32.2 Å². The average molecular weight is 279 g/mol. The van der Waals surface area contributed by atoms with Gasteiger partial charge in [-0.25, -0.2) is 8.42 Å². The molecule has 0 aliphatic heterocycles. The minimum atomic E-state index is -3.57. The molecule has 19 heavy (non-hydrogen) atoms. The molecule has 0 spiro atoms. The normalized spacial score (nSPS) is 11.5. The largest absolute Gasteiger partial charge is 0.279 e. The molecule has 102 valence electrons. The molecule has 1 N–H and O–H groups in total. The van der Waals surface area contributed by atoms with Crippen LogP contribution in [0.2, 0.25) is 0 Å². The van der Waals surface area contributed by atoms with Gasteiger partial charge in [0.05, 0.1) is 11.9 Å². The number of nitrogens with one attached hydrogen (secondary N) is 1. The van der Waals surface area contributed by atoms with Crippen molar-refractivity contribution in [2.75, 3.05) is 4.72 Å². The van der Waals surface area contributed by atoms with Gasteiger partial charge in [-0.2, -0.15) is 5.10 Å². The third kappa shape index (κ3) is 2.96. The molecule has 0 fully saturated rings. The molecule has 0 saturated carbocycles. The number of aryl methyl sites for hydroxylation is 3. The third-order valence-electron chi connectivity index (χ3n) is 2.87. The van der Waals surface area contributed by atoms with Crippen molar-refractivity contribution in [2.24, 2.45) is 0 Å². The molecule has 6 heteroatoms. The zero-order valence-electron chi connectivity index (χ0n) is 11.2. The van der Waals surface area contributed by atoms with Gasteiger partial charge in [0.15, 0.2) is 0 Å². The van der Waals surface area contributed by atoms with E-state index in [0.29, 0.717) is 12.2 Å². The van der Waals surface area contributed by atoms with E-state index in [0.717, 1.165) is 11.1 Å². The molecule has 5 nitrogen and oxygen atoms in total. The molecule has 0 saturated heterocycles. The lowest BCUT2D eigenvalue weighted by Crippen LogP contribution is -2.13. The van der Waals surface area contributed by atoms with Crippen LogP contribution in [0.3, 0.4) is 0 Å². The first-order chi connectivity index (χ1) is 8.92. The Hall–Kier alpha value is -1.82. The Morgan fingerprint density at radius 2 is 2.05 bits per heavy atom. The zero-order chi connectivity index (χ0) is 14.0. The Morgan fingerprint density at radius 1 is 1.32 bits per heavy atom. The van der Waals surface area contributed by atoms with Crippen LogP contribution in [0.1, 0.15) is 18.1 Å². The maximum absolute atomic E-state index is 12.2. The summed E-state index contributed by atoms with van der Waals surface area (Å²) in [5, 5.41) is 3.98. The molecule has 0 amide bonds. The van der Waals surface area contributed by atoms with E-state index in [1.54, 1.807) is 10.7 Å². The molecule has 0 aliphatic rings. The number of aromatic nitrogens is 2. The molecule has 1 aromatic heterocycles. The van der Waals surface area contributed by atoms with Crippen molar-refractivity contribution >= 4 is 15.7 Å². The SMILES string of the molecule is CCn1cc(S(=O)(=O)Nc2ccc(C)cc2C)cn1. The van der Waals surface area contributed by atoms with Gasteiger partial charge in [-0.05, 0) is 32.4 Å². The highest BCUT2D eigenvalue weighted by Crippen LogP contribution is 2.20. The molecule has 0 bridgehead atoms. The Morgan fingerprint density at radius 3 is 2.63 bits per heavy atom. The van der Waals surface area contributed by atoms with Gasteiger partial charge in [0, 0.05) is 12.7 Å². The fraction of sp³-hybridized carbons (Fsp3) is 0.308. The quantitative estimate of drug-likeness (QED) is 0.934. The summed E-state index contributed by atoms with van der Waals surface area (Å²) in [5.74, 6) is 0. The maximum Gasteiger partial charge on any atom is 0.265 e. The molecular formula is C13H17N3O2S. The van der Waals surface area contributed by atoms with Gasteiger partial charge in [0.2, 0.25) is 0 Å². The Labute approximate surface area is 113 Å². The summed E-state index contributed by atoms with van der Waals surface area (Å²) in [4.78, 5) is 0.175. The molecule has 2 aromatic rings. The zero-order valence-corrected chi connectivity index (χ0v) is 12.0. The van der Waals surface area contributed by atoms with Gasteiger partial charge in [0.25, 0.3) is 10.0 Å². The van der Waals surface area contributed by atoms with Crippen LogP contribution in [0, 0.1) is 13.8 Å². The Balaban J connectivity index is 2.30. The predicted octanol–water partition coefficient (Wildman–Crippen LogP) is 2.32. The van der Waals surface area contributed by atoms with Crippen molar-refractivity contribution in [3.63, 3.8) is 0 Å². The van der Waals surface area contributed by atoms with E-state index in [9.17, 15) is 8.42 Å². The monoisotopic (exact) mass is 279 g/mol. The van der Waals surface area contributed by atoms with Gasteiger partial charge >= 0.3 is 0 Å². The second kappa shape index (κ2) is 5.05. The molecule has 0 aliphatic carbocycles. The topological polar surface area (TPSA) is 64.0 Å². The van der Waals surface area contributed by atoms with E-state index in [1.807, 2.05) is 32.9 Å².